The topological polar surface area (TPSA) is 48.6 Å². The number of aryl methyl sites for hydroxylation is 1. The summed E-state index contributed by atoms with van der Waals surface area (Å²) in [6.07, 6.45) is 3.43. The van der Waals surface area contributed by atoms with Gasteiger partial charge in [0, 0.05) is 60.6 Å². The number of fused-ring (bicyclic) bond motifs is 1. The first kappa shape index (κ1) is 25.2. The van der Waals surface area contributed by atoms with E-state index in [2.05, 4.69) is 53.3 Å². The van der Waals surface area contributed by atoms with Crippen LogP contribution >= 0.6 is 11.6 Å². The van der Waals surface area contributed by atoms with Crippen LogP contribution < -0.4 is 9.64 Å². The Labute approximate surface area is 224 Å². The molecule has 5 rings (SSSR count). The van der Waals surface area contributed by atoms with Crippen LogP contribution in [0.3, 0.4) is 0 Å². The second kappa shape index (κ2) is 11.3. The highest BCUT2D eigenvalue weighted by Crippen LogP contribution is 2.36. The molecule has 5 nitrogen and oxygen atoms in total. The van der Waals surface area contributed by atoms with E-state index in [9.17, 15) is 4.79 Å². The number of hydrogen-bond acceptors (Lipinski definition) is 3. The van der Waals surface area contributed by atoms with Crippen molar-refractivity contribution in [2.75, 3.05) is 37.7 Å². The Bertz CT molecular complexity index is 1370. The molecule has 0 saturated carbocycles. The normalized spacial score (nSPS) is 14.7. The van der Waals surface area contributed by atoms with Crippen LogP contribution in [0.1, 0.15) is 42.9 Å². The lowest BCUT2D eigenvalue weighted by atomic mass is 9.87. The predicted molar refractivity (Wildman–Crippen MR) is 152 cm³/mol. The van der Waals surface area contributed by atoms with Crippen molar-refractivity contribution in [1.82, 2.24) is 9.88 Å². The molecule has 1 amide bonds. The number of para-hydroxylation sites is 3. The summed E-state index contributed by atoms with van der Waals surface area (Å²) in [5.41, 5.74) is 5.74. The Morgan fingerprint density at radius 1 is 1.00 bits per heavy atom. The highest BCUT2D eigenvalue weighted by Gasteiger charge is 2.28. The average molecular weight is 516 g/mol. The minimum Gasteiger partial charge on any atom is -0.492 e. The maximum absolute atomic E-state index is 13.7. The van der Waals surface area contributed by atoms with Crippen LogP contribution in [0, 0.1) is 0 Å². The first-order valence-electron chi connectivity index (χ1n) is 13.2. The fourth-order valence-corrected chi connectivity index (χ4v) is 5.65. The molecule has 0 radical (unpaired) electrons. The summed E-state index contributed by atoms with van der Waals surface area (Å²) in [4.78, 5) is 21.5. The minimum absolute atomic E-state index is 0.0798. The van der Waals surface area contributed by atoms with E-state index in [0.717, 1.165) is 47.6 Å². The Hall–Kier alpha value is -3.44. The SMILES string of the molecule is CCOc1ccccc1N1CCN(C(=O)CC(c2cccc(Cl)c2)c2c[nH]c3c(CC)cccc23)CC1. The molecule has 37 heavy (non-hydrogen) atoms. The number of aromatic nitrogens is 1. The zero-order chi connectivity index (χ0) is 25.8. The van der Waals surface area contributed by atoms with E-state index in [1.807, 2.05) is 48.2 Å². The molecular formula is C31H34ClN3O2. The van der Waals surface area contributed by atoms with Crippen LogP contribution in [0.25, 0.3) is 10.9 Å². The monoisotopic (exact) mass is 515 g/mol. The van der Waals surface area contributed by atoms with E-state index in [4.69, 9.17) is 16.3 Å². The first-order chi connectivity index (χ1) is 18.1. The van der Waals surface area contributed by atoms with Crippen LogP contribution in [-0.2, 0) is 11.2 Å². The molecule has 2 heterocycles. The second-order valence-electron chi connectivity index (χ2n) is 9.52. The zero-order valence-corrected chi connectivity index (χ0v) is 22.3. The zero-order valence-electron chi connectivity index (χ0n) is 21.5. The molecule has 1 atom stereocenters. The maximum atomic E-state index is 13.7. The Morgan fingerprint density at radius 3 is 2.54 bits per heavy atom. The molecular weight excluding hydrogens is 482 g/mol. The molecule has 1 aliphatic heterocycles. The number of amides is 1. The third kappa shape index (κ3) is 5.33. The number of anilines is 1. The van der Waals surface area contributed by atoms with E-state index in [-0.39, 0.29) is 11.8 Å². The number of benzene rings is 3. The van der Waals surface area contributed by atoms with E-state index < -0.39 is 0 Å². The van der Waals surface area contributed by atoms with E-state index in [1.165, 1.54) is 10.9 Å². The van der Waals surface area contributed by atoms with Crippen LogP contribution in [-0.4, -0.2) is 48.6 Å². The average Bonchev–Trinajstić information content (AvgIpc) is 3.36. The van der Waals surface area contributed by atoms with Crippen molar-refractivity contribution in [3.05, 3.63) is 94.6 Å². The molecule has 4 aromatic rings. The number of piperazine rings is 1. The van der Waals surface area contributed by atoms with Crippen LogP contribution in [0.2, 0.25) is 5.02 Å². The van der Waals surface area contributed by atoms with Crippen molar-refractivity contribution in [3.8, 4) is 5.75 Å². The molecule has 0 bridgehead atoms. The van der Waals surface area contributed by atoms with E-state index >= 15 is 0 Å². The Balaban J connectivity index is 1.37. The number of nitrogens with zero attached hydrogens (tertiary/aromatic N) is 2. The van der Waals surface area contributed by atoms with Crippen molar-refractivity contribution < 1.29 is 9.53 Å². The van der Waals surface area contributed by atoms with Gasteiger partial charge in [0.1, 0.15) is 5.75 Å². The number of ether oxygens (including phenoxy) is 1. The standard InChI is InChI=1S/C31H34ClN3O2/c1-3-22-9-8-12-25-27(21-33-31(22)25)26(23-10-7-11-24(32)19-23)20-30(36)35-17-15-34(16-18-35)28-13-5-6-14-29(28)37-4-2/h5-14,19,21,26,33H,3-4,15-18,20H2,1-2H3. The number of hydrogen-bond donors (Lipinski definition) is 1. The second-order valence-corrected chi connectivity index (χ2v) is 9.95. The minimum atomic E-state index is -0.0798. The van der Waals surface area contributed by atoms with Gasteiger partial charge in [0.2, 0.25) is 5.91 Å². The van der Waals surface area contributed by atoms with Gasteiger partial charge in [0.15, 0.2) is 0 Å². The largest absolute Gasteiger partial charge is 0.492 e. The van der Waals surface area contributed by atoms with Gasteiger partial charge in [0.25, 0.3) is 0 Å². The summed E-state index contributed by atoms with van der Waals surface area (Å²) in [6, 6.07) is 22.5. The van der Waals surface area contributed by atoms with Crippen LogP contribution in [0.15, 0.2) is 72.9 Å². The third-order valence-corrected chi connectivity index (χ3v) is 7.59. The molecule has 0 aliphatic carbocycles. The first-order valence-corrected chi connectivity index (χ1v) is 13.6. The lowest BCUT2D eigenvalue weighted by molar-refractivity contribution is -0.131. The number of H-pyrrole nitrogens is 1. The van der Waals surface area contributed by atoms with Crippen molar-refractivity contribution in [1.29, 1.82) is 0 Å². The van der Waals surface area contributed by atoms with Gasteiger partial charge in [-0.05, 0) is 54.3 Å². The molecule has 0 spiro atoms. The number of halogens is 1. The molecule has 1 saturated heterocycles. The predicted octanol–water partition coefficient (Wildman–Crippen LogP) is 6.65. The van der Waals surface area contributed by atoms with Crippen molar-refractivity contribution in [2.24, 2.45) is 0 Å². The summed E-state index contributed by atoms with van der Waals surface area (Å²) in [7, 11) is 0. The number of nitrogens with one attached hydrogen (secondary N) is 1. The fraction of sp³-hybridized carbons (Fsp3) is 0.323. The third-order valence-electron chi connectivity index (χ3n) is 7.36. The smallest absolute Gasteiger partial charge is 0.223 e. The molecule has 1 aromatic heterocycles. The summed E-state index contributed by atoms with van der Waals surface area (Å²) in [5, 5.41) is 1.86. The van der Waals surface area contributed by atoms with Crippen molar-refractivity contribution in [3.63, 3.8) is 0 Å². The lowest BCUT2D eigenvalue weighted by Gasteiger charge is -2.37. The Morgan fingerprint density at radius 2 is 1.78 bits per heavy atom. The molecule has 1 fully saturated rings. The molecule has 1 aliphatic rings. The van der Waals surface area contributed by atoms with Gasteiger partial charge in [0.05, 0.1) is 12.3 Å². The molecule has 3 aromatic carbocycles. The molecule has 1 unspecified atom stereocenters. The number of carbonyl (C=O) groups is 1. The van der Waals surface area contributed by atoms with Crippen LogP contribution in [0.4, 0.5) is 5.69 Å². The van der Waals surface area contributed by atoms with Gasteiger partial charge in [-0.15, -0.1) is 0 Å². The summed E-state index contributed by atoms with van der Waals surface area (Å²) in [5.74, 6) is 0.990. The Kier molecular flexibility index (Phi) is 7.71. The summed E-state index contributed by atoms with van der Waals surface area (Å²) >= 11 is 6.39. The number of carbonyl (C=O) groups excluding carboxylic acids is 1. The molecule has 1 N–H and O–H groups in total. The van der Waals surface area contributed by atoms with E-state index in [0.29, 0.717) is 31.1 Å². The van der Waals surface area contributed by atoms with Gasteiger partial charge in [-0.1, -0.05) is 61.0 Å². The van der Waals surface area contributed by atoms with Gasteiger partial charge >= 0.3 is 0 Å². The summed E-state index contributed by atoms with van der Waals surface area (Å²) < 4.78 is 5.83. The number of rotatable bonds is 8. The van der Waals surface area contributed by atoms with Crippen LogP contribution in [0.5, 0.6) is 5.75 Å². The van der Waals surface area contributed by atoms with Gasteiger partial charge in [-0.3, -0.25) is 4.79 Å². The highest BCUT2D eigenvalue weighted by molar-refractivity contribution is 6.30. The highest BCUT2D eigenvalue weighted by atomic mass is 35.5. The molecule has 192 valence electrons. The fourth-order valence-electron chi connectivity index (χ4n) is 5.45. The van der Waals surface area contributed by atoms with Crippen molar-refractivity contribution >= 4 is 34.1 Å². The van der Waals surface area contributed by atoms with Gasteiger partial charge in [-0.2, -0.15) is 0 Å². The number of aromatic amines is 1. The van der Waals surface area contributed by atoms with Gasteiger partial charge in [-0.25, -0.2) is 0 Å². The quantitative estimate of drug-likeness (QED) is 0.285. The van der Waals surface area contributed by atoms with E-state index in [1.54, 1.807) is 0 Å². The van der Waals surface area contributed by atoms with Gasteiger partial charge < -0.3 is 19.5 Å². The van der Waals surface area contributed by atoms with Crippen molar-refractivity contribution in [2.45, 2.75) is 32.6 Å². The maximum Gasteiger partial charge on any atom is 0.223 e. The molecule has 6 heteroatoms. The summed E-state index contributed by atoms with van der Waals surface area (Å²) in [6.45, 7) is 7.74. The lowest BCUT2D eigenvalue weighted by Crippen LogP contribution is -2.49.